The predicted molar refractivity (Wildman–Crippen MR) is 150 cm³/mol. The normalized spacial score (nSPS) is 12.6. The second-order valence-corrected chi connectivity index (χ2v) is 9.13. The maximum Gasteiger partial charge on any atom is 0.331 e. The van der Waals surface area contributed by atoms with Gasteiger partial charge < -0.3 is 14.2 Å². The van der Waals surface area contributed by atoms with Crippen LogP contribution in [0.2, 0.25) is 0 Å². The molecule has 0 aromatic carbocycles. The fraction of sp³-hybridized carbons (Fsp3) is 0.645. The highest BCUT2D eigenvalue weighted by atomic mass is 16.6. The highest BCUT2D eigenvalue weighted by molar-refractivity contribution is 5.83. The number of unbranched alkanes of at least 4 members (excludes halogenated alkanes) is 12. The lowest BCUT2D eigenvalue weighted by atomic mass is 10.0. The predicted octanol–water partition coefficient (Wildman–Crippen LogP) is 7.73. The summed E-state index contributed by atoms with van der Waals surface area (Å²) in [5, 5.41) is 0. The van der Waals surface area contributed by atoms with E-state index in [4.69, 9.17) is 14.2 Å². The first kappa shape index (κ1) is 34.4. The monoisotopic (exact) mass is 518 g/mol. The van der Waals surface area contributed by atoms with E-state index in [1.807, 2.05) is 13.8 Å². The van der Waals surface area contributed by atoms with E-state index in [0.717, 1.165) is 19.3 Å². The quantitative estimate of drug-likeness (QED) is 0.0453. The van der Waals surface area contributed by atoms with Gasteiger partial charge in [-0.1, -0.05) is 120 Å². The Hall–Kier alpha value is -2.63. The van der Waals surface area contributed by atoms with Crippen molar-refractivity contribution in [2.45, 2.75) is 117 Å². The Morgan fingerprint density at radius 1 is 0.595 bits per heavy atom. The summed E-state index contributed by atoms with van der Waals surface area (Å²) in [5.41, 5.74) is 0. The fourth-order valence-corrected chi connectivity index (χ4v) is 3.58. The second-order valence-electron chi connectivity index (χ2n) is 9.13. The number of ether oxygens (including phenoxy) is 3. The molecule has 0 aromatic heterocycles. The highest BCUT2D eigenvalue weighted by Gasteiger charge is 2.18. The maximum atomic E-state index is 12.1. The molecule has 6 nitrogen and oxygen atoms in total. The van der Waals surface area contributed by atoms with E-state index in [2.05, 4.69) is 6.92 Å². The molecule has 0 aromatic rings. The topological polar surface area (TPSA) is 78.9 Å². The molecule has 0 saturated heterocycles. The zero-order valence-electron chi connectivity index (χ0n) is 23.5. The van der Waals surface area contributed by atoms with Crippen molar-refractivity contribution in [3.8, 4) is 0 Å². The minimum absolute atomic E-state index is 0.160. The molecule has 0 aliphatic carbocycles. The molecular weight excluding hydrogens is 468 g/mol. The smallest absolute Gasteiger partial charge is 0.331 e. The largest absolute Gasteiger partial charge is 0.462 e. The molecule has 0 rings (SSSR count). The third kappa shape index (κ3) is 24.8. The van der Waals surface area contributed by atoms with E-state index in [-0.39, 0.29) is 19.2 Å². The fourth-order valence-electron chi connectivity index (χ4n) is 3.58. The van der Waals surface area contributed by atoms with Crippen molar-refractivity contribution >= 4 is 17.9 Å². The molecule has 0 bridgehead atoms. The third-order valence-electron chi connectivity index (χ3n) is 5.68. The Morgan fingerprint density at radius 2 is 1.05 bits per heavy atom. The lowest BCUT2D eigenvalue weighted by molar-refractivity contribution is -0.162. The van der Waals surface area contributed by atoms with Crippen LogP contribution in [0.4, 0.5) is 0 Å². The summed E-state index contributed by atoms with van der Waals surface area (Å²) >= 11 is 0. The molecule has 0 aliphatic rings. The van der Waals surface area contributed by atoms with Gasteiger partial charge in [0.15, 0.2) is 6.10 Å². The number of hydrogen-bond donors (Lipinski definition) is 0. The summed E-state index contributed by atoms with van der Waals surface area (Å²) in [6.07, 6.45) is 28.2. The van der Waals surface area contributed by atoms with Crippen molar-refractivity contribution in [2.24, 2.45) is 0 Å². The molecule has 6 heteroatoms. The van der Waals surface area contributed by atoms with Crippen LogP contribution in [0.15, 0.2) is 48.6 Å². The van der Waals surface area contributed by atoms with Gasteiger partial charge in [0.1, 0.15) is 13.2 Å². The molecule has 0 heterocycles. The van der Waals surface area contributed by atoms with Crippen molar-refractivity contribution in [1.82, 2.24) is 0 Å². The number of carbonyl (C=O) groups excluding carboxylic acids is 3. The molecule has 0 spiro atoms. The van der Waals surface area contributed by atoms with Crippen molar-refractivity contribution in [3.05, 3.63) is 48.6 Å². The van der Waals surface area contributed by atoms with Gasteiger partial charge >= 0.3 is 17.9 Å². The molecule has 0 fully saturated rings. The van der Waals surface area contributed by atoms with Gasteiger partial charge in [0.05, 0.1) is 0 Å². The lowest BCUT2D eigenvalue weighted by Crippen LogP contribution is -2.30. The standard InChI is InChI=1S/C31H50O6/c1-4-7-10-11-12-13-14-15-16-17-18-19-22-24-30(33)36-27-28(37-31(34)25-21-9-6-3)26-35-29(32)23-20-8-5-2/h5-6,8-9,20-21,23,25,28H,4,7,10-19,22,24,26-27H2,1-3H3/b8-5+,9-6+,23-20+,25-21+/t28-/m0/s1. The van der Waals surface area contributed by atoms with Gasteiger partial charge in [-0.25, -0.2) is 9.59 Å². The van der Waals surface area contributed by atoms with E-state index >= 15 is 0 Å². The van der Waals surface area contributed by atoms with Crippen LogP contribution in [0.1, 0.15) is 111 Å². The van der Waals surface area contributed by atoms with Crippen molar-refractivity contribution < 1.29 is 28.6 Å². The van der Waals surface area contributed by atoms with E-state index in [0.29, 0.717) is 6.42 Å². The first-order valence-corrected chi connectivity index (χ1v) is 14.1. The van der Waals surface area contributed by atoms with Crippen LogP contribution in [0.3, 0.4) is 0 Å². The van der Waals surface area contributed by atoms with Gasteiger partial charge in [-0.3, -0.25) is 4.79 Å². The van der Waals surface area contributed by atoms with Gasteiger partial charge in [-0.2, -0.15) is 0 Å². The number of carbonyl (C=O) groups is 3. The second kappa shape index (κ2) is 26.4. The zero-order chi connectivity index (χ0) is 27.4. The van der Waals surface area contributed by atoms with Crippen LogP contribution in [0.5, 0.6) is 0 Å². The van der Waals surface area contributed by atoms with Crippen LogP contribution in [0, 0.1) is 0 Å². The Labute approximate surface area is 225 Å². The van der Waals surface area contributed by atoms with Gasteiger partial charge in [-0.05, 0) is 20.3 Å². The van der Waals surface area contributed by atoms with Crippen LogP contribution in [0.25, 0.3) is 0 Å². The summed E-state index contributed by atoms with van der Waals surface area (Å²) in [4.78, 5) is 35.9. The van der Waals surface area contributed by atoms with Crippen LogP contribution < -0.4 is 0 Å². The number of rotatable bonds is 23. The molecule has 0 N–H and O–H groups in total. The minimum atomic E-state index is -0.877. The first-order valence-electron chi connectivity index (χ1n) is 14.1. The van der Waals surface area contributed by atoms with Gasteiger partial charge in [0, 0.05) is 18.6 Å². The van der Waals surface area contributed by atoms with E-state index in [9.17, 15) is 14.4 Å². The van der Waals surface area contributed by atoms with Gasteiger partial charge in [0.2, 0.25) is 0 Å². The number of allylic oxidation sites excluding steroid dienone is 6. The van der Waals surface area contributed by atoms with Crippen LogP contribution in [-0.4, -0.2) is 37.2 Å². The number of esters is 3. The molecule has 0 amide bonds. The SMILES string of the molecule is C/C=C/C=C/C(=O)OC[C@@H](COC(=O)CCCCCCCCCCCCCCC)OC(=O)/C=C/C=C/C. The van der Waals surface area contributed by atoms with Crippen LogP contribution >= 0.6 is 0 Å². The molecule has 37 heavy (non-hydrogen) atoms. The Balaban J connectivity index is 4.15. The third-order valence-corrected chi connectivity index (χ3v) is 5.68. The molecular formula is C31H50O6. The average Bonchev–Trinajstić information content (AvgIpc) is 2.88. The Bertz CT molecular complexity index is 704. The van der Waals surface area contributed by atoms with E-state index in [1.165, 1.54) is 76.4 Å². The maximum absolute atomic E-state index is 12.1. The molecule has 0 saturated carbocycles. The van der Waals surface area contributed by atoms with Crippen LogP contribution in [-0.2, 0) is 28.6 Å². The summed E-state index contributed by atoms with van der Waals surface area (Å²) in [5.74, 6) is -1.51. The molecule has 0 unspecified atom stereocenters. The zero-order valence-corrected chi connectivity index (χ0v) is 23.5. The Morgan fingerprint density at radius 3 is 1.57 bits per heavy atom. The summed E-state index contributed by atoms with van der Waals surface area (Å²) in [6, 6.07) is 0. The van der Waals surface area contributed by atoms with Crippen molar-refractivity contribution in [1.29, 1.82) is 0 Å². The average molecular weight is 519 g/mol. The summed E-state index contributed by atoms with van der Waals surface area (Å²) in [7, 11) is 0. The molecule has 1 atom stereocenters. The minimum Gasteiger partial charge on any atom is -0.462 e. The Kier molecular flexibility index (Phi) is 24.6. The molecule has 0 radical (unpaired) electrons. The van der Waals surface area contributed by atoms with Crippen molar-refractivity contribution in [2.75, 3.05) is 13.2 Å². The molecule has 210 valence electrons. The van der Waals surface area contributed by atoms with Gasteiger partial charge in [-0.15, -0.1) is 0 Å². The number of hydrogen-bond acceptors (Lipinski definition) is 6. The van der Waals surface area contributed by atoms with E-state index in [1.54, 1.807) is 36.5 Å². The highest BCUT2D eigenvalue weighted by Crippen LogP contribution is 2.13. The summed E-state index contributed by atoms with van der Waals surface area (Å²) < 4.78 is 15.7. The van der Waals surface area contributed by atoms with E-state index < -0.39 is 18.0 Å². The lowest BCUT2D eigenvalue weighted by Gasteiger charge is -2.17. The first-order chi connectivity index (χ1) is 18.0. The molecule has 0 aliphatic heterocycles. The summed E-state index contributed by atoms with van der Waals surface area (Å²) in [6.45, 7) is 5.55. The van der Waals surface area contributed by atoms with Crippen molar-refractivity contribution in [3.63, 3.8) is 0 Å². The van der Waals surface area contributed by atoms with Gasteiger partial charge in [0.25, 0.3) is 0 Å².